The van der Waals surface area contributed by atoms with Gasteiger partial charge in [0.2, 0.25) is 5.88 Å². The van der Waals surface area contributed by atoms with Crippen molar-refractivity contribution in [2.75, 3.05) is 78.1 Å². The second kappa shape index (κ2) is 14.4. The van der Waals surface area contributed by atoms with Crippen molar-refractivity contribution in [2.24, 2.45) is 0 Å². The van der Waals surface area contributed by atoms with Crippen LogP contribution in [0.15, 0.2) is 53.6 Å². The number of piperazine rings is 1. The first-order chi connectivity index (χ1) is 25.6. The molecule has 2 aromatic carbocycles. The highest BCUT2D eigenvalue weighted by Gasteiger charge is 2.59. The van der Waals surface area contributed by atoms with E-state index in [-0.39, 0.29) is 39.8 Å². The number of nitriles is 1. The third kappa shape index (κ3) is 6.18. The van der Waals surface area contributed by atoms with Crippen molar-refractivity contribution in [1.29, 1.82) is 5.26 Å². The third-order valence-electron chi connectivity index (χ3n) is 10.6. The van der Waals surface area contributed by atoms with Crippen LogP contribution in [0.2, 0.25) is 0 Å². The molecule has 0 radical (unpaired) electrons. The molecular weight excluding hydrogens is 710 g/mol. The van der Waals surface area contributed by atoms with E-state index in [0.29, 0.717) is 48.6 Å². The molecule has 4 aliphatic heterocycles. The molecule has 0 saturated carbocycles. The molecule has 53 heavy (non-hydrogen) atoms. The van der Waals surface area contributed by atoms with E-state index < -0.39 is 38.2 Å². The molecule has 15 nitrogen and oxygen atoms in total. The molecule has 3 saturated heterocycles. The minimum Gasteiger partial charge on any atom is -0.495 e. The van der Waals surface area contributed by atoms with Crippen LogP contribution < -0.4 is 23.8 Å². The lowest BCUT2D eigenvalue weighted by Crippen LogP contribution is -2.61. The number of carbonyl (C=O) groups excluding carboxylic acids is 2. The first-order valence-corrected chi connectivity index (χ1v) is 18.7. The Kier molecular flexibility index (Phi) is 9.89. The highest BCUT2D eigenvalue weighted by atomic mass is 32.2. The minimum atomic E-state index is -4.96. The summed E-state index contributed by atoms with van der Waals surface area (Å²) in [7, 11) is -1.22. The fourth-order valence-electron chi connectivity index (χ4n) is 7.70. The van der Waals surface area contributed by atoms with E-state index in [0.717, 1.165) is 45.2 Å². The highest BCUT2D eigenvalue weighted by Crippen LogP contribution is 2.50. The number of halogens is 1. The van der Waals surface area contributed by atoms with Gasteiger partial charge in [-0.25, -0.2) is 22.6 Å². The number of ether oxygens (including phenoxy) is 4. The molecular formula is C36H40FN7O8S. The van der Waals surface area contributed by atoms with Gasteiger partial charge in [-0.2, -0.15) is 9.57 Å². The Hall–Kier alpha value is -5.02. The Labute approximate surface area is 306 Å². The van der Waals surface area contributed by atoms with E-state index in [1.165, 1.54) is 57.9 Å². The summed E-state index contributed by atoms with van der Waals surface area (Å²) in [5.74, 6) is -2.75. The van der Waals surface area contributed by atoms with Gasteiger partial charge in [-0.1, -0.05) is 0 Å². The molecule has 17 heteroatoms. The Balaban J connectivity index is 1.25. The van der Waals surface area contributed by atoms with Crippen LogP contribution in [0.5, 0.6) is 17.4 Å². The van der Waals surface area contributed by atoms with Gasteiger partial charge in [-0.3, -0.25) is 14.6 Å². The first kappa shape index (κ1) is 36.3. The summed E-state index contributed by atoms with van der Waals surface area (Å²) in [6, 6.07) is 11.1. The van der Waals surface area contributed by atoms with Crippen LogP contribution in [0, 0.1) is 17.1 Å². The molecule has 3 amide bonds. The predicted molar refractivity (Wildman–Crippen MR) is 188 cm³/mol. The van der Waals surface area contributed by atoms with Gasteiger partial charge >= 0.3 is 6.03 Å². The lowest BCUT2D eigenvalue weighted by Gasteiger charge is -2.46. The van der Waals surface area contributed by atoms with E-state index >= 15 is 9.18 Å². The summed E-state index contributed by atoms with van der Waals surface area (Å²) < 4.78 is 66.0. The molecule has 7 rings (SSSR count). The highest BCUT2D eigenvalue weighted by molar-refractivity contribution is 7.93. The summed E-state index contributed by atoms with van der Waals surface area (Å²) in [6.45, 7) is 5.49. The van der Waals surface area contributed by atoms with Crippen molar-refractivity contribution >= 4 is 27.6 Å². The van der Waals surface area contributed by atoms with E-state index in [1.54, 1.807) is 4.90 Å². The summed E-state index contributed by atoms with van der Waals surface area (Å²) in [4.78, 5) is 39.6. The lowest BCUT2D eigenvalue weighted by molar-refractivity contribution is -0.121. The number of fused-ring (bicyclic) bond motifs is 1. The van der Waals surface area contributed by atoms with Gasteiger partial charge in [-0.15, -0.1) is 0 Å². The van der Waals surface area contributed by atoms with Gasteiger partial charge in [0, 0.05) is 69.2 Å². The predicted octanol–water partition coefficient (Wildman–Crippen LogP) is 2.29. The van der Waals surface area contributed by atoms with Crippen LogP contribution in [0.3, 0.4) is 0 Å². The van der Waals surface area contributed by atoms with Gasteiger partial charge in [-0.05, 0) is 43.2 Å². The van der Waals surface area contributed by atoms with E-state index in [9.17, 15) is 18.5 Å². The van der Waals surface area contributed by atoms with Crippen molar-refractivity contribution in [3.63, 3.8) is 0 Å². The van der Waals surface area contributed by atoms with Gasteiger partial charge in [0.15, 0.2) is 17.1 Å². The zero-order valence-electron chi connectivity index (χ0n) is 29.6. The number of sulfonamides is 1. The zero-order chi connectivity index (χ0) is 37.5. The number of likely N-dealkylation sites (tertiary alicyclic amines) is 1. The average molecular weight is 750 g/mol. The summed E-state index contributed by atoms with van der Waals surface area (Å²) in [5.41, 5.74) is -2.30. The number of urea groups is 1. The van der Waals surface area contributed by atoms with Crippen LogP contribution in [-0.2, 0) is 25.1 Å². The van der Waals surface area contributed by atoms with Gasteiger partial charge in [0.25, 0.3) is 15.9 Å². The molecule has 5 heterocycles. The molecule has 1 aromatic heterocycles. The SMILES string of the molecule is COc1cc(OC)c(S(=O)(=O)N2C(=O)[C@@](NC(=O)N3CCN(C4CCN(C5COC5)CC4)CC3)(c3cccnc3OC)c3cc(C#N)ccc32)cc1F. The molecule has 1 N–H and O–H groups in total. The molecule has 3 fully saturated rings. The average Bonchev–Trinajstić information content (AvgIpc) is 3.41. The number of nitrogens with one attached hydrogen (secondary N) is 1. The summed E-state index contributed by atoms with van der Waals surface area (Å²) in [6.07, 6.45) is 3.46. The molecule has 280 valence electrons. The molecule has 0 bridgehead atoms. The number of piperidine rings is 1. The lowest BCUT2D eigenvalue weighted by atomic mass is 9.83. The Morgan fingerprint density at radius 3 is 2.26 bits per heavy atom. The van der Waals surface area contributed by atoms with Crippen LogP contribution in [0.1, 0.15) is 29.5 Å². The number of rotatable bonds is 9. The molecule has 1 atom stereocenters. The maximum Gasteiger partial charge on any atom is 0.318 e. The Morgan fingerprint density at radius 1 is 0.943 bits per heavy atom. The van der Waals surface area contributed by atoms with Crippen molar-refractivity contribution < 1.29 is 41.3 Å². The molecule has 3 aromatic rings. The number of nitrogens with zero attached hydrogens (tertiary/aromatic N) is 6. The number of methoxy groups -OCH3 is 3. The fraction of sp³-hybridized carbons (Fsp3) is 0.444. The number of aromatic nitrogens is 1. The van der Waals surface area contributed by atoms with Crippen LogP contribution in [-0.4, -0.2) is 126 Å². The van der Waals surface area contributed by atoms with Crippen molar-refractivity contribution in [3.05, 3.63) is 71.2 Å². The van der Waals surface area contributed by atoms with Crippen molar-refractivity contribution in [2.45, 2.75) is 35.4 Å². The zero-order valence-corrected chi connectivity index (χ0v) is 30.4. The topological polar surface area (TPSA) is 167 Å². The van der Waals surface area contributed by atoms with Gasteiger partial charge in [0.05, 0.1) is 63.5 Å². The monoisotopic (exact) mass is 749 g/mol. The molecule has 0 unspecified atom stereocenters. The standard InChI is InChI=1S/C36H40FN7O8S/c1-49-30-19-31(50-2)32(18-28(30)37)53(47,48)44-29-7-6-23(20-38)17-27(29)36(34(44)45,26-5-4-10-39-33(26)51-3)40-35(46)43-15-13-42(14-16-43)24-8-11-41(12-9-24)25-21-52-22-25/h4-7,10,17-19,24-25H,8-9,11-16,21-22H2,1-3H3,(H,40,46)/t36-/m1/s1. The van der Waals surface area contributed by atoms with Crippen LogP contribution in [0.4, 0.5) is 14.9 Å². The van der Waals surface area contributed by atoms with Gasteiger partial charge in [0.1, 0.15) is 10.6 Å². The van der Waals surface area contributed by atoms with Gasteiger partial charge < -0.3 is 29.2 Å². The maximum atomic E-state index is 15.1. The number of hydrogen-bond donors (Lipinski definition) is 1. The third-order valence-corrected chi connectivity index (χ3v) is 12.3. The minimum absolute atomic E-state index is 0.0139. The Bertz CT molecular complexity index is 2060. The number of amides is 3. The molecule has 0 aliphatic carbocycles. The second-order valence-corrected chi connectivity index (χ2v) is 15.0. The van der Waals surface area contributed by atoms with Crippen LogP contribution >= 0.6 is 0 Å². The number of carbonyl (C=O) groups is 2. The van der Waals surface area contributed by atoms with E-state index in [4.69, 9.17) is 18.9 Å². The Morgan fingerprint density at radius 2 is 1.64 bits per heavy atom. The first-order valence-electron chi connectivity index (χ1n) is 17.3. The van der Waals surface area contributed by atoms with E-state index in [2.05, 4.69) is 20.1 Å². The second-order valence-electron chi connectivity index (χ2n) is 13.3. The molecule has 4 aliphatic rings. The quantitative estimate of drug-likeness (QED) is 0.340. The number of anilines is 1. The fourth-order valence-corrected chi connectivity index (χ4v) is 9.32. The summed E-state index contributed by atoms with van der Waals surface area (Å²) >= 11 is 0. The number of pyridine rings is 1. The van der Waals surface area contributed by atoms with E-state index in [1.807, 2.05) is 6.07 Å². The van der Waals surface area contributed by atoms with Crippen LogP contribution in [0.25, 0.3) is 0 Å². The normalized spacial score (nSPS) is 21.5. The number of benzene rings is 2. The maximum absolute atomic E-state index is 15.1. The van der Waals surface area contributed by atoms with Crippen molar-refractivity contribution in [3.8, 4) is 23.4 Å². The summed E-state index contributed by atoms with van der Waals surface area (Å²) in [5, 5.41) is 12.8. The smallest absolute Gasteiger partial charge is 0.318 e. The molecule has 0 spiro atoms. The largest absolute Gasteiger partial charge is 0.495 e. The van der Waals surface area contributed by atoms with Crippen molar-refractivity contribution in [1.82, 2.24) is 25.0 Å². The number of hydrogen-bond acceptors (Lipinski definition) is 12.